The third kappa shape index (κ3) is 4.30. The van der Waals surface area contributed by atoms with Crippen molar-refractivity contribution in [2.75, 3.05) is 37.7 Å². The van der Waals surface area contributed by atoms with Gasteiger partial charge in [-0.3, -0.25) is 14.8 Å². The van der Waals surface area contributed by atoms with E-state index < -0.39 is 11.4 Å². The number of halogens is 1. The van der Waals surface area contributed by atoms with Crippen LogP contribution >= 0.6 is 0 Å². The van der Waals surface area contributed by atoms with Gasteiger partial charge in [-0.1, -0.05) is 24.8 Å². The number of rotatable bonds is 5. The normalized spacial score (nSPS) is 19.0. The standard InChI is InChI=1S/C31H33FN6O3/c1-2-22-23(32)10-9-20-17-21(39)18-24(25(20)22)38-29(40)26-27(35-38)33-30(34-28(26)36-13-5-3-4-6-14-36)41-19-31-11-7-15-37(31)16-8-12-31/h1,9-10,17-18,39H,3-8,11-16,19H2,(H,33,34,35). The zero-order chi connectivity index (χ0) is 28.1. The van der Waals surface area contributed by atoms with Crippen LogP contribution in [0.5, 0.6) is 11.8 Å². The molecule has 3 saturated heterocycles. The smallest absolute Gasteiger partial charge is 0.320 e. The molecule has 2 aromatic carbocycles. The van der Waals surface area contributed by atoms with Crippen molar-refractivity contribution in [1.29, 1.82) is 0 Å². The van der Waals surface area contributed by atoms with Crippen LogP contribution in [0.1, 0.15) is 56.9 Å². The van der Waals surface area contributed by atoms with E-state index in [1.807, 2.05) is 0 Å². The van der Waals surface area contributed by atoms with Crippen LogP contribution in [-0.2, 0) is 0 Å². The number of benzene rings is 2. The Labute approximate surface area is 236 Å². The third-order valence-electron chi connectivity index (χ3n) is 9.11. The van der Waals surface area contributed by atoms with Crippen molar-refractivity contribution >= 4 is 27.6 Å². The Bertz CT molecular complexity index is 1740. The van der Waals surface area contributed by atoms with E-state index in [1.54, 1.807) is 0 Å². The Hall–Kier alpha value is -4.10. The van der Waals surface area contributed by atoms with Gasteiger partial charge in [0.15, 0.2) is 11.5 Å². The third-order valence-corrected chi connectivity index (χ3v) is 9.11. The van der Waals surface area contributed by atoms with Gasteiger partial charge < -0.3 is 14.7 Å². The van der Waals surface area contributed by atoms with Crippen LogP contribution in [0.15, 0.2) is 29.1 Å². The van der Waals surface area contributed by atoms with Crippen LogP contribution in [0, 0.1) is 18.2 Å². The monoisotopic (exact) mass is 556 g/mol. The highest BCUT2D eigenvalue weighted by Gasteiger charge is 2.45. The number of aromatic nitrogens is 4. The number of phenols is 1. The summed E-state index contributed by atoms with van der Waals surface area (Å²) in [7, 11) is 0. The molecule has 0 aliphatic carbocycles. The summed E-state index contributed by atoms with van der Waals surface area (Å²) in [6, 6.07) is 5.93. The predicted octanol–water partition coefficient (Wildman–Crippen LogP) is 4.48. The number of H-pyrrole nitrogens is 1. The number of ether oxygens (including phenoxy) is 1. The maximum Gasteiger partial charge on any atom is 0.320 e. The van der Waals surface area contributed by atoms with Gasteiger partial charge in [0.2, 0.25) is 0 Å². The molecule has 10 heteroatoms. The molecule has 212 valence electrons. The lowest BCUT2D eigenvalue weighted by atomic mass is 9.95. The maximum atomic E-state index is 14.8. The van der Waals surface area contributed by atoms with Gasteiger partial charge in [-0.05, 0) is 69.1 Å². The predicted molar refractivity (Wildman–Crippen MR) is 155 cm³/mol. The van der Waals surface area contributed by atoms with Crippen LogP contribution in [0.25, 0.3) is 27.5 Å². The number of anilines is 1. The van der Waals surface area contributed by atoms with Crippen LogP contribution in [-0.4, -0.2) is 68.1 Å². The summed E-state index contributed by atoms with van der Waals surface area (Å²) in [6.07, 6.45) is 14.5. The molecule has 5 heterocycles. The number of phenolic OH excluding ortho intramolecular Hbond substituents is 1. The minimum atomic E-state index is -0.580. The van der Waals surface area contributed by atoms with Crippen molar-refractivity contribution < 1.29 is 14.2 Å². The van der Waals surface area contributed by atoms with Gasteiger partial charge in [-0.15, -0.1) is 6.42 Å². The van der Waals surface area contributed by atoms with Crippen molar-refractivity contribution in [1.82, 2.24) is 24.6 Å². The van der Waals surface area contributed by atoms with E-state index in [-0.39, 0.29) is 28.5 Å². The van der Waals surface area contributed by atoms with Crippen LogP contribution in [0.4, 0.5) is 10.2 Å². The molecule has 0 bridgehead atoms. The molecule has 0 amide bonds. The van der Waals surface area contributed by atoms with Crippen LogP contribution < -0.4 is 15.2 Å². The van der Waals surface area contributed by atoms with E-state index in [4.69, 9.17) is 16.1 Å². The van der Waals surface area contributed by atoms with Gasteiger partial charge in [0.1, 0.15) is 23.6 Å². The number of aromatic amines is 1. The SMILES string of the molecule is C#Cc1c(F)ccc2cc(O)cc(-n3[nH]c4nc(OCC56CCCN5CCC6)nc(N5CCCCCC5)c4c3=O)c12. The molecule has 2 aromatic heterocycles. The second kappa shape index (κ2) is 10.1. The summed E-state index contributed by atoms with van der Waals surface area (Å²) in [4.78, 5) is 28.3. The minimum Gasteiger partial charge on any atom is -0.508 e. The number of aromatic hydroxyl groups is 1. The van der Waals surface area contributed by atoms with Crippen molar-refractivity contribution in [2.45, 2.75) is 56.9 Å². The molecule has 9 nitrogen and oxygen atoms in total. The molecule has 3 aliphatic rings. The quantitative estimate of drug-likeness (QED) is 0.350. The number of nitrogens with one attached hydrogen (secondary N) is 1. The largest absolute Gasteiger partial charge is 0.508 e. The lowest BCUT2D eigenvalue weighted by Crippen LogP contribution is -2.43. The topological polar surface area (TPSA) is 99.5 Å². The Kier molecular flexibility index (Phi) is 6.35. The molecule has 7 rings (SSSR count). The molecule has 2 N–H and O–H groups in total. The first kappa shape index (κ1) is 25.8. The fraction of sp³-hybridized carbons (Fsp3) is 0.452. The molecule has 0 radical (unpaired) electrons. The molecule has 0 spiro atoms. The fourth-order valence-electron chi connectivity index (χ4n) is 7.10. The average molecular weight is 557 g/mol. The number of nitrogens with zero attached hydrogens (tertiary/aromatic N) is 5. The molecule has 41 heavy (non-hydrogen) atoms. The highest BCUT2D eigenvalue weighted by Crippen LogP contribution is 2.39. The first-order valence-electron chi connectivity index (χ1n) is 14.6. The molecule has 0 saturated carbocycles. The lowest BCUT2D eigenvalue weighted by molar-refractivity contribution is 0.108. The second-order valence-corrected chi connectivity index (χ2v) is 11.5. The first-order chi connectivity index (χ1) is 20.0. The summed E-state index contributed by atoms with van der Waals surface area (Å²) in [5.74, 6) is 2.29. The zero-order valence-corrected chi connectivity index (χ0v) is 23.0. The van der Waals surface area contributed by atoms with Crippen molar-refractivity contribution in [3.05, 3.63) is 46.0 Å². The number of fused-ring (bicyclic) bond motifs is 3. The zero-order valence-electron chi connectivity index (χ0n) is 23.0. The van der Waals surface area contributed by atoms with E-state index in [0.717, 1.165) is 77.5 Å². The van der Waals surface area contributed by atoms with E-state index in [1.165, 1.54) is 28.9 Å². The summed E-state index contributed by atoms with van der Waals surface area (Å²) < 4.78 is 22.4. The van der Waals surface area contributed by atoms with Gasteiger partial charge in [-0.2, -0.15) is 9.97 Å². The summed E-state index contributed by atoms with van der Waals surface area (Å²) in [5.41, 5.74) is 0.202. The van der Waals surface area contributed by atoms with Gasteiger partial charge in [0.25, 0.3) is 5.56 Å². The van der Waals surface area contributed by atoms with Gasteiger partial charge in [-0.25, -0.2) is 9.07 Å². The van der Waals surface area contributed by atoms with E-state index in [2.05, 4.69) is 25.8 Å². The van der Waals surface area contributed by atoms with E-state index in [9.17, 15) is 14.3 Å². The van der Waals surface area contributed by atoms with E-state index in [0.29, 0.717) is 34.2 Å². The summed E-state index contributed by atoms with van der Waals surface area (Å²) in [6.45, 7) is 4.24. The molecule has 4 aromatic rings. The Morgan fingerprint density at radius 1 is 1.02 bits per heavy atom. The number of hydrogen-bond donors (Lipinski definition) is 2. The Morgan fingerprint density at radius 2 is 1.78 bits per heavy atom. The van der Waals surface area contributed by atoms with Gasteiger partial charge in [0.05, 0.1) is 16.8 Å². The van der Waals surface area contributed by atoms with Crippen molar-refractivity contribution in [3.8, 4) is 29.8 Å². The Balaban J connectivity index is 1.39. The minimum absolute atomic E-state index is 0.0165. The molecule has 3 fully saturated rings. The first-order valence-corrected chi connectivity index (χ1v) is 14.6. The highest BCUT2D eigenvalue weighted by atomic mass is 19.1. The van der Waals surface area contributed by atoms with Crippen LogP contribution in [0.3, 0.4) is 0 Å². The average Bonchev–Trinajstić information content (AvgIpc) is 3.56. The number of hydrogen-bond acceptors (Lipinski definition) is 7. The molecular formula is C31H33FN6O3. The van der Waals surface area contributed by atoms with Crippen LogP contribution in [0.2, 0.25) is 0 Å². The van der Waals surface area contributed by atoms with Gasteiger partial charge >= 0.3 is 6.01 Å². The lowest BCUT2D eigenvalue weighted by Gasteiger charge is -2.31. The summed E-state index contributed by atoms with van der Waals surface area (Å²) >= 11 is 0. The maximum absolute atomic E-state index is 14.8. The van der Waals surface area contributed by atoms with Gasteiger partial charge in [0, 0.05) is 24.5 Å². The van der Waals surface area contributed by atoms with Crippen molar-refractivity contribution in [2.24, 2.45) is 0 Å². The molecule has 0 unspecified atom stereocenters. The van der Waals surface area contributed by atoms with E-state index >= 15 is 0 Å². The molecule has 3 aliphatic heterocycles. The van der Waals surface area contributed by atoms with Crippen molar-refractivity contribution in [3.63, 3.8) is 0 Å². The highest BCUT2D eigenvalue weighted by molar-refractivity contribution is 5.97. The second-order valence-electron chi connectivity index (χ2n) is 11.5. The fourth-order valence-corrected chi connectivity index (χ4v) is 7.10. The molecule has 0 atom stereocenters. The summed E-state index contributed by atoms with van der Waals surface area (Å²) in [5, 5.41) is 14.8. The molecular weight excluding hydrogens is 523 g/mol. The Morgan fingerprint density at radius 3 is 2.51 bits per heavy atom. The number of terminal acetylenes is 1.